The van der Waals surface area contributed by atoms with Crippen LogP contribution < -0.4 is 5.73 Å². The summed E-state index contributed by atoms with van der Waals surface area (Å²) in [5, 5.41) is 8.61. The van der Waals surface area contributed by atoms with E-state index in [0.29, 0.717) is 6.54 Å². The second-order valence-corrected chi connectivity index (χ2v) is 5.25. The molecule has 1 atom stereocenters. The van der Waals surface area contributed by atoms with E-state index >= 15 is 0 Å². The van der Waals surface area contributed by atoms with Gasteiger partial charge in [0, 0.05) is 12.8 Å². The van der Waals surface area contributed by atoms with Gasteiger partial charge in [0.1, 0.15) is 17.6 Å². The van der Waals surface area contributed by atoms with E-state index in [9.17, 15) is 9.59 Å². The maximum absolute atomic E-state index is 11.8. The Morgan fingerprint density at radius 3 is 2.74 bits per heavy atom. The molecule has 3 N–H and O–H groups in total. The van der Waals surface area contributed by atoms with Crippen molar-refractivity contribution >= 4 is 23.6 Å². The average Bonchev–Trinajstić information content (AvgIpc) is 2.74. The number of carboxylic acids is 1. The monoisotopic (exact) mass is 286 g/mol. The third kappa shape index (κ3) is 5.35. The van der Waals surface area contributed by atoms with Crippen molar-refractivity contribution < 1.29 is 19.1 Å². The highest BCUT2D eigenvalue weighted by molar-refractivity contribution is 8.00. The van der Waals surface area contributed by atoms with Crippen LogP contribution in [-0.2, 0) is 16.1 Å². The van der Waals surface area contributed by atoms with Crippen LogP contribution in [0, 0.1) is 6.92 Å². The fraction of sp³-hybridized carbons (Fsp3) is 0.500. The first-order valence-electron chi connectivity index (χ1n) is 5.75. The van der Waals surface area contributed by atoms with Gasteiger partial charge in [-0.3, -0.25) is 9.59 Å². The fourth-order valence-electron chi connectivity index (χ4n) is 1.35. The Balaban J connectivity index is 2.31. The topological polar surface area (TPSA) is 96.8 Å². The maximum Gasteiger partial charge on any atom is 0.321 e. The highest BCUT2D eigenvalue weighted by Crippen LogP contribution is 2.10. The summed E-state index contributed by atoms with van der Waals surface area (Å²) < 4.78 is 5.38. The Hall–Kier alpha value is -1.47. The summed E-state index contributed by atoms with van der Waals surface area (Å²) in [6, 6.07) is 2.73. The third-order valence-electron chi connectivity index (χ3n) is 2.45. The number of amides is 1. The van der Waals surface area contributed by atoms with Crippen LogP contribution in [0.2, 0.25) is 0 Å². The van der Waals surface area contributed by atoms with E-state index in [-0.39, 0.29) is 17.4 Å². The molecule has 0 aliphatic heterocycles. The lowest BCUT2D eigenvalue weighted by molar-refractivity contribution is -0.138. The molecule has 0 saturated carbocycles. The standard InChI is InChI=1S/C12H18N2O4S/c1-8-3-4-9(18-8)5-14(2)11(15)7-19-6-10(13)12(16)17/h3-4,10H,5-7,13H2,1-2H3,(H,16,17)/t10-/m0/s1. The van der Waals surface area contributed by atoms with Gasteiger partial charge < -0.3 is 20.2 Å². The first-order chi connectivity index (χ1) is 8.90. The minimum atomic E-state index is -1.06. The van der Waals surface area contributed by atoms with Crippen molar-refractivity contribution in [1.29, 1.82) is 0 Å². The molecular formula is C12H18N2O4S. The van der Waals surface area contributed by atoms with Crippen molar-refractivity contribution in [3.05, 3.63) is 23.7 Å². The number of carbonyl (C=O) groups is 2. The lowest BCUT2D eigenvalue weighted by atomic mass is 10.4. The Morgan fingerprint density at radius 2 is 2.21 bits per heavy atom. The van der Waals surface area contributed by atoms with Crippen molar-refractivity contribution in [2.75, 3.05) is 18.6 Å². The highest BCUT2D eigenvalue weighted by atomic mass is 32.2. The largest absolute Gasteiger partial charge is 0.480 e. The zero-order valence-corrected chi connectivity index (χ0v) is 11.8. The van der Waals surface area contributed by atoms with Crippen LogP contribution in [0.1, 0.15) is 11.5 Å². The van der Waals surface area contributed by atoms with E-state index in [0.717, 1.165) is 11.5 Å². The van der Waals surface area contributed by atoms with Gasteiger partial charge in [-0.05, 0) is 19.1 Å². The van der Waals surface area contributed by atoms with E-state index < -0.39 is 12.0 Å². The van der Waals surface area contributed by atoms with E-state index in [1.54, 1.807) is 7.05 Å². The number of carboxylic acid groups (broad SMARTS) is 1. The number of aliphatic carboxylic acids is 1. The lowest BCUT2D eigenvalue weighted by Gasteiger charge is -2.15. The van der Waals surface area contributed by atoms with Crippen molar-refractivity contribution in [2.24, 2.45) is 5.73 Å². The van der Waals surface area contributed by atoms with Crippen LogP contribution >= 0.6 is 11.8 Å². The maximum atomic E-state index is 11.8. The second kappa shape index (κ2) is 7.20. The quantitative estimate of drug-likeness (QED) is 0.765. The molecule has 0 spiro atoms. The van der Waals surface area contributed by atoms with E-state index in [2.05, 4.69) is 0 Å². The summed E-state index contributed by atoms with van der Waals surface area (Å²) >= 11 is 1.21. The predicted molar refractivity (Wildman–Crippen MR) is 72.9 cm³/mol. The van der Waals surface area contributed by atoms with E-state index in [1.807, 2.05) is 19.1 Å². The number of hydrogen-bond acceptors (Lipinski definition) is 5. The summed E-state index contributed by atoms with van der Waals surface area (Å²) in [5.74, 6) is 0.806. The molecule has 1 heterocycles. The van der Waals surface area contributed by atoms with Crippen LogP contribution in [0.15, 0.2) is 16.5 Å². The van der Waals surface area contributed by atoms with Crippen LogP contribution in [0.25, 0.3) is 0 Å². The van der Waals surface area contributed by atoms with Crippen molar-refractivity contribution in [3.8, 4) is 0 Å². The first kappa shape index (κ1) is 15.6. The van der Waals surface area contributed by atoms with Crippen molar-refractivity contribution in [1.82, 2.24) is 4.90 Å². The molecule has 0 bridgehead atoms. The van der Waals surface area contributed by atoms with Gasteiger partial charge in [0.25, 0.3) is 0 Å². The third-order valence-corrected chi connectivity index (χ3v) is 3.50. The number of nitrogens with zero attached hydrogens (tertiary/aromatic N) is 1. The number of hydrogen-bond donors (Lipinski definition) is 2. The van der Waals surface area contributed by atoms with Gasteiger partial charge in [-0.2, -0.15) is 0 Å². The zero-order chi connectivity index (χ0) is 14.4. The Labute approximate surface area is 115 Å². The lowest BCUT2D eigenvalue weighted by Crippen LogP contribution is -2.34. The molecule has 6 nitrogen and oxygen atoms in total. The molecule has 0 aliphatic carbocycles. The fourth-order valence-corrected chi connectivity index (χ4v) is 2.26. The minimum Gasteiger partial charge on any atom is -0.480 e. The molecule has 0 aliphatic rings. The molecule has 0 radical (unpaired) electrons. The Kier molecular flexibility index (Phi) is 5.91. The Bertz CT molecular complexity index is 447. The van der Waals surface area contributed by atoms with Crippen LogP contribution in [-0.4, -0.2) is 46.5 Å². The van der Waals surface area contributed by atoms with E-state index in [1.165, 1.54) is 16.7 Å². The number of thioether (sulfide) groups is 1. The van der Waals surface area contributed by atoms with Crippen LogP contribution in [0.5, 0.6) is 0 Å². The van der Waals surface area contributed by atoms with Gasteiger partial charge in [0.05, 0.1) is 12.3 Å². The molecule has 19 heavy (non-hydrogen) atoms. The molecule has 106 valence electrons. The summed E-state index contributed by atoms with van der Waals surface area (Å²) in [7, 11) is 1.68. The molecule has 1 rings (SSSR count). The molecule has 0 unspecified atom stereocenters. The summed E-state index contributed by atoms with van der Waals surface area (Å²) in [6.45, 7) is 2.24. The average molecular weight is 286 g/mol. The summed E-state index contributed by atoms with van der Waals surface area (Å²) in [6.07, 6.45) is 0. The molecule has 1 amide bonds. The molecule has 7 heteroatoms. The van der Waals surface area contributed by atoms with Gasteiger partial charge in [-0.1, -0.05) is 0 Å². The smallest absolute Gasteiger partial charge is 0.321 e. The summed E-state index contributed by atoms with van der Waals surface area (Å²) in [5.41, 5.74) is 5.34. The molecule has 1 aromatic heterocycles. The number of furan rings is 1. The van der Waals surface area contributed by atoms with Crippen molar-refractivity contribution in [2.45, 2.75) is 19.5 Å². The van der Waals surface area contributed by atoms with Crippen LogP contribution in [0.3, 0.4) is 0 Å². The first-order valence-corrected chi connectivity index (χ1v) is 6.91. The SMILES string of the molecule is Cc1ccc(CN(C)C(=O)CSC[C@H](N)C(=O)O)o1. The van der Waals surface area contributed by atoms with E-state index in [4.69, 9.17) is 15.3 Å². The van der Waals surface area contributed by atoms with Gasteiger partial charge in [-0.15, -0.1) is 11.8 Å². The second-order valence-electron chi connectivity index (χ2n) is 4.22. The zero-order valence-electron chi connectivity index (χ0n) is 11.0. The van der Waals surface area contributed by atoms with Crippen molar-refractivity contribution in [3.63, 3.8) is 0 Å². The van der Waals surface area contributed by atoms with Gasteiger partial charge in [-0.25, -0.2) is 0 Å². The molecule has 0 fully saturated rings. The molecule has 1 aromatic rings. The van der Waals surface area contributed by atoms with Gasteiger partial charge in [0.2, 0.25) is 5.91 Å². The summed E-state index contributed by atoms with van der Waals surface area (Å²) in [4.78, 5) is 23.8. The number of rotatable bonds is 7. The molecule has 0 aromatic carbocycles. The predicted octanol–water partition coefficient (Wildman–Crippen LogP) is 0.692. The normalized spacial score (nSPS) is 12.2. The molecular weight excluding hydrogens is 268 g/mol. The number of aryl methyl sites for hydroxylation is 1. The minimum absolute atomic E-state index is 0.0864. The highest BCUT2D eigenvalue weighted by Gasteiger charge is 2.15. The van der Waals surface area contributed by atoms with Gasteiger partial charge >= 0.3 is 5.97 Å². The number of carbonyl (C=O) groups excluding carboxylic acids is 1. The molecule has 0 saturated heterocycles. The van der Waals surface area contributed by atoms with Crippen LogP contribution in [0.4, 0.5) is 0 Å². The Morgan fingerprint density at radius 1 is 1.53 bits per heavy atom. The number of nitrogens with two attached hydrogens (primary N) is 1. The van der Waals surface area contributed by atoms with Gasteiger partial charge in [0.15, 0.2) is 0 Å².